The first kappa shape index (κ1) is 26.8. The Kier molecular flexibility index (Phi) is 8.17. The Morgan fingerprint density at radius 1 is 0.974 bits per heavy atom. The molecule has 1 unspecified atom stereocenters. The Bertz CT molecular complexity index is 1460. The van der Waals surface area contributed by atoms with Gasteiger partial charge in [0, 0.05) is 43.7 Å². The first-order valence-corrected chi connectivity index (χ1v) is 14.1. The van der Waals surface area contributed by atoms with Gasteiger partial charge in [-0.3, -0.25) is 9.36 Å². The van der Waals surface area contributed by atoms with E-state index in [9.17, 15) is 14.7 Å². The molecule has 1 aliphatic heterocycles. The lowest BCUT2D eigenvalue weighted by Gasteiger charge is -2.33. The van der Waals surface area contributed by atoms with Crippen LogP contribution in [0.4, 0.5) is 0 Å². The highest BCUT2D eigenvalue weighted by Crippen LogP contribution is 2.32. The largest absolute Gasteiger partial charge is 0.508 e. The smallest absolute Gasteiger partial charge is 0.326 e. The molecule has 7 heteroatoms. The predicted octanol–water partition coefficient (Wildman–Crippen LogP) is 5.38. The number of carbonyl (C=O) groups is 1. The quantitative estimate of drug-likeness (QED) is 0.307. The summed E-state index contributed by atoms with van der Waals surface area (Å²) in [7, 11) is 0. The number of fused-ring (bicyclic) bond motifs is 1. The van der Waals surface area contributed by atoms with Gasteiger partial charge in [-0.2, -0.15) is 0 Å². The van der Waals surface area contributed by atoms with Gasteiger partial charge in [-0.05, 0) is 87.2 Å². The third-order valence-corrected chi connectivity index (χ3v) is 8.16. The SMILES string of the molecule is CCN(CC)C(=O)c1ccc(C(CCN2CCC(n3c(=O)[nH]c4ccccc43)CC2)c2cccc(O)c2)cc1. The van der Waals surface area contributed by atoms with Gasteiger partial charge in [0.15, 0.2) is 0 Å². The fourth-order valence-electron chi connectivity index (χ4n) is 5.97. The van der Waals surface area contributed by atoms with Crippen LogP contribution in [0, 0.1) is 0 Å². The lowest BCUT2D eigenvalue weighted by atomic mass is 9.87. The van der Waals surface area contributed by atoms with Gasteiger partial charge < -0.3 is 19.9 Å². The fourth-order valence-corrected chi connectivity index (χ4v) is 5.97. The van der Waals surface area contributed by atoms with Crippen LogP contribution in [-0.4, -0.2) is 63.1 Å². The molecule has 7 nitrogen and oxygen atoms in total. The van der Waals surface area contributed by atoms with Crippen LogP contribution in [0.5, 0.6) is 5.75 Å². The number of carbonyl (C=O) groups excluding carboxylic acids is 1. The van der Waals surface area contributed by atoms with Gasteiger partial charge >= 0.3 is 5.69 Å². The van der Waals surface area contributed by atoms with Crippen molar-refractivity contribution in [2.45, 2.75) is 45.1 Å². The number of phenols is 1. The van der Waals surface area contributed by atoms with Crippen LogP contribution in [0.15, 0.2) is 77.6 Å². The maximum Gasteiger partial charge on any atom is 0.326 e. The van der Waals surface area contributed by atoms with E-state index in [1.165, 1.54) is 0 Å². The van der Waals surface area contributed by atoms with Crippen LogP contribution in [0.25, 0.3) is 11.0 Å². The molecule has 2 N–H and O–H groups in total. The Morgan fingerprint density at radius 2 is 1.69 bits per heavy atom. The Morgan fingerprint density at radius 3 is 2.38 bits per heavy atom. The average molecular weight is 527 g/mol. The van der Waals surface area contributed by atoms with E-state index < -0.39 is 0 Å². The summed E-state index contributed by atoms with van der Waals surface area (Å²) in [4.78, 5) is 32.8. The van der Waals surface area contributed by atoms with E-state index in [1.807, 2.05) is 71.8 Å². The number of likely N-dealkylation sites (tertiary alicyclic amines) is 1. The first-order chi connectivity index (χ1) is 19.0. The number of para-hydroxylation sites is 2. The number of benzene rings is 3. The van der Waals surface area contributed by atoms with Gasteiger partial charge in [0.05, 0.1) is 11.0 Å². The lowest BCUT2D eigenvalue weighted by molar-refractivity contribution is 0.0773. The van der Waals surface area contributed by atoms with Crippen molar-refractivity contribution in [1.29, 1.82) is 0 Å². The number of imidazole rings is 1. The summed E-state index contributed by atoms with van der Waals surface area (Å²) in [5.74, 6) is 0.414. The van der Waals surface area contributed by atoms with E-state index in [4.69, 9.17) is 0 Å². The molecule has 0 bridgehead atoms. The van der Waals surface area contributed by atoms with Gasteiger partial charge in [-0.1, -0.05) is 36.4 Å². The van der Waals surface area contributed by atoms with E-state index in [1.54, 1.807) is 6.07 Å². The average Bonchev–Trinajstić information content (AvgIpc) is 3.30. The number of aromatic nitrogens is 2. The monoisotopic (exact) mass is 526 g/mol. The van der Waals surface area contributed by atoms with E-state index in [0.29, 0.717) is 18.7 Å². The van der Waals surface area contributed by atoms with Gasteiger partial charge in [0.1, 0.15) is 5.75 Å². The van der Waals surface area contributed by atoms with Gasteiger partial charge in [-0.15, -0.1) is 0 Å². The number of piperidine rings is 1. The molecule has 1 aliphatic rings. The summed E-state index contributed by atoms with van der Waals surface area (Å²) in [6.45, 7) is 8.14. The molecule has 5 rings (SSSR count). The minimum Gasteiger partial charge on any atom is -0.508 e. The van der Waals surface area contributed by atoms with Crippen LogP contribution < -0.4 is 5.69 Å². The van der Waals surface area contributed by atoms with Crippen molar-refractivity contribution in [1.82, 2.24) is 19.4 Å². The topological polar surface area (TPSA) is 81.6 Å². The summed E-state index contributed by atoms with van der Waals surface area (Å²) < 4.78 is 1.93. The number of nitrogens with zero attached hydrogens (tertiary/aromatic N) is 3. The van der Waals surface area contributed by atoms with Crippen LogP contribution in [0.2, 0.25) is 0 Å². The van der Waals surface area contributed by atoms with Crippen LogP contribution >= 0.6 is 0 Å². The summed E-state index contributed by atoms with van der Waals surface area (Å²) in [6.07, 6.45) is 2.76. The highest BCUT2D eigenvalue weighted by atomic mass is 16.3. The van der Waals surface area contributed by atoms with E-state index in [0.717, 1.165) is 61.1 Å². The van der Waals surface area contributed by atoms with Crippen LogP contribution in [-0.2, 0) is 0 Å². The van der Waals surface area contributed by atoms with E-state index in [-0.39, 0.29) is 29.3 Å². The maximum absolute atomic E-state index is 12.8. The standard InChI is InChI=1S/C32H38N4O3/c1-3-35(4-2)31(38)24-14-12-23(13-15-24)28(25-8-7-9-27(37)22-25)18-21-34-19-16-26(17-20-34)36-30-11-6-5-10-29(30)33-32(36)39/h5-15,22,26,28,37H,3-4,16-21H2,1-2H3,(H,33,39). The van der Waals surface area contributed by atoms with Crippen molar-refractivity contribution in [3.8, 4) is 5.75 Å². The number of aromatic amines is 1. The second-order valence-electron chi connectivity index (χ2n) is 10.4. The Hall–Kier alpha value is -3.84. The molecule has 0 radical (unpaired) electrons. The molecule has 2 heterocycles. The lowest BCUT2D eigenvalue weighted by Crippen LogP contribution is -2.37. The molecule has 3 aromatic carbocycles. The fraction of sp³-hybridized carbons (Fsp3) is 0.375. The van der Waals surface area contributed by atoms with Crippen molar-refractivity contribution in [3.63, 3.8) is 0 Å². The highest BCUT2D eigenvalue weighted by Gasteiger charge is 2.25. The Labute approximate surface area is 229 Å². The van der Waals surface area contributed by atoms with Crippen LogP contribution in [0.1, 0.15) is 66.6 Å². The molecule has 204 valence electrons. The number of hydrogen-bond acceptors (Lipinski definition) is 4. The van der Waals surface area contributed by atoms with Crippen molar-refractivity contribution in [2.75, 3.05) is 32.7 Å². The maximum atomic E-state index is 12.8. The molecular weight excluding hydrogens is 488 g/mol. The number of amides is 1. The van der Waals surface area contributed by atoms with Crippen molar-refractivity contribution in [3.05, 3.63) is 100.0 Å². The summed E-state index contributed by atoms with van der Waals surface area (Å²) >= 11 is 0. The second-order valence-corrected chi connectivity index (χ2v) is 10.4. The highest BCUT2D eigenvalue weighted by molar-refractivity contribution is 5.94. The van der Waals surface area contributed by atoms with Crippen LogP contribution in [0.3, 0.4) is 0 Å². The van der Waals surface area contributed by atoms with E-state index in [2.05, 4.69) is 28.1 Å². The minimum atomic E-state index is -0.0264. The molecule has 39 heavy (non-hydrogen) atoms. The molecule has 4 aromatic rings. The number of hydrogen-bond donors (Lipinski definition) is 2. The molecule has 1 atom stereocenters. The number of nitrogens with one attached hydrogen (secondary N) is 1. The number of rotatable bonds is 9. The summed E-state index contributed by atoms with van der Waals surface area (Å²) in [5, 5.41) is 10.2. The minimum absolute atomic E-state index is 0.0264. The van der Waals surface area contributed by atoms with Crippen molar-refractivity contribution in [2.24, 2.45) is 0 Å². The zero-order valence-corrected chi connectivity index (χ0v) is 22.8. The van der Waals surface area contributed by atoms with Gasteiger partial charge in [0.25, 0.3) is 5.91 Å². The van der Waals surface area contributed by atoms with Gasteiger partial charge in [-0.25, -0.2) is 4.79 Å². The zero-order valence-electron chi connectivity index (χ0n) is 22.8. The molecule has 1 saturated heterocycles. The predicted molar refractivity (Wildman–Crippen MR) is 156 cm³/mol. The molecule has 1 fully saturated rings. The Balaban J connectivity index is 1.28. The first-order valence-electron chi connectivity index (χ1n) is 14.1. The third-order valence-electron chi connectivity index (χ3n) is 8.16. The second kappa shape index (κ2) is 11.9. The molecule has 0 spiro atoms. The zero-order chi connectivity index (χ0) is 27.4. The third kappa shape index (κ3) is 5.78. The normalized spacial score (nSPS) is 15.4. The van der Waals surface area contributed by atoms with Gasteiger partial charge in [0.2, 0.25) is 0 Å². The molecule has 0 aliphatic carbocycles. The van der Waals surface area contributed by atoms with E-state index >= 15 is 0 Å². The summed E-state index contributed by atoms with van der Waals surface area (Å²) in [5.41, 5.74) is 4.75. The number of H-pyrrole nitrogens is 1. The molecule has 0 saturated carbocycles. The molecule has 1 aromatic heterocycles. The van der Waals surface area contributed by atoms with Crippen molar-refractivity contribution < 1.29 is 9.90 Å². The number of aromatic hydroxyl groups is 1. The molecular formula is C32H38N4O3. The number of phenolic OH excluding ortho intramolecular Hbond substituents is 1. The van der Waals surface area contributed by atoms with Crippen molar-refractivity contribution >= 4 is 16.9 Å². The summed E-state index contributed by atoms with van der Waals surface area (Å²) in [6, 6.07) is 23.6. The molecule has 1 amide bonds.